The van der Waals surface area contributed by atoms with E-state index in [0.29, 0.717) is 0 Å². The van der Waals surface area contributed by atoms with Crippen LogP contribution in [0.25, 0.3) is 0 Å². The fourth-order valence-electron chi connectivity index (χ4n) is 16.6. The Morgan fingerprint density at radius 1 is 0.353 bits per heavy atom. The van der Waals surface area contributed by atoms with Gasteiger partial charge in [-0.2, -0.15) is 0 Å². The zero-order chi connectivity index (χ0) is 98.7. The molecule has 0 unspecified atom stereocenters. The molecule has 0 radical (unpaired) electrons. The van der Waals surface area contributed by atoms with Crippen molar-refractivity contribution in [3.63, 3.8) is 0 Å². The van der Waals surface area contributed by atoms with E-state index >= 15 is 0 Å². The maximum atomic E-state index is 13.3. The molecule has 36 N–H and O–H groups in total. The van der Waals surface area contributed by atoms with Crippen LogP contribution in [0.1, 0.15) is 34.1 Å². The summed E-state index contributed by atoms with van der Waals surface area (Å²) in [5, 5.41) is 356. The van der Waals surface area contributed by atoms with Crippen LogP contribution in [0.5, 0.6) is 0 Å². The Kier molecular flexibility index (Phi) is 41.4. The van der Waals surface area contributed by atoms with Crippen molar-refractivity contribution < 1.29 is 272 Å². The number of rotatable bonds is 41. The van der Waals surface area contributed by atoms with E-state index in [1.807, 2.05) is 0 Å². The monoisotopic (exact) mass is 1950 g/mol. The van der Waals surface area contributed by atoms with Crippen molar-refractivity contribution in [3.8, 4) is 0 Å². The van der Waals surface area contributed by atoms with E-state index in [2.05, 4.69) is 26.6 Å². The molecule has 60 nitrogen and oxygen atoms in total. The van der Waals surface area contributed by atoms with E-state index in [9.17, 15) is 187 Å². The SMILES string of the molecule is CC(=O)N[C@H]1[C@H](O[C@@H]([C@H](O)[C@H](CO)NC(C)=O)[C@H](O)CO)O[C@H](CO)[C@@H](O[C@@H]2O[C@H](CO[C@H]3O[C@H](CO)[C@@H](O)[C@H](O)[C@@H]3O[C@@H]3O[C@H](CO)[C@@H](O[C@@H]4O[C@H](CO)[C@H](O)[C@H](O[C@]5(C(=O)O)C[C@H](O)[C@@H](NC(=O)CO)[C@H]([C@H](O)[C@H](O)CO)O5)[C@H]4O)[C@H](O)[C@H]3NC(C)=O)[C@@H](O)[C@H](O[C@H]3O[C@H](CO)[C@@H](O)[C@H](O)[C@@H]3O[C@@H]3O[C@H](CO)[C@@H](O[C@@H]4O[C@H](CO)[C@H](O)[C@H](O)[C@H]4O)[C@H](O)[C@H]3NC(C)=O)[C@@H]2O)[C@@H]1O. The van der Waals surface area contributed by atoms with E-state index < -0.39 is 427 Å². The first-order valence-electron chi connectivity index (χ1n) is 41.9. The first-order valence-corrected chi connectivity index (χ1v) is 41.9. The minimum absolute atomic E-state index is 0.844. The van der Waals surface area contributed by atoms with Gasteiger partial charge in [0.15, 0.2) is 50.3 Å². The fraction of sp³-hybridized carbons (Fsp3) is 0.918. The summed E-state index contributed by atoms with van der Waals surface area (Å²) in [6, 6.07) is -9.80. The lowest BCUT2D eigenvalue weighted by atomic mass is 9.88. The quantitative estimate of drug-likeness (QED) is 0.0270. The molecule has 0 spiro atoms. The van der Waals surface area contributed by atoms with E-state index in [-0.39, 0.29) is 0 Å². The van der Waals surface area contributed by atoms with Gasteiger partial charge in [-0.3, -0.25) is 24.0 Å². The molecule has 9 heterocycles. The predicted molar refractivity (Wildman–Crippen MR) is 409 cm³/mol. The number of aliphatic hydroxyl groups excluding tert-OH is 30. The molecule has 133 heavy (non-hydrogen) atoms. The van der Waals surface area contributed by atoms with Crippen LogP contribution >= 0.6 is 0 Å². The number of nitrogens with one attached hydrogen (secondary N) is 5. The fourth-order valence-corrected chi connectivity index (χ4v) is 16.6. The number of ether oxygens (including phenoxy) is 18. The van der Waals surface area contributed by atoms with Gasteiger partial charge >= 0.3 is 5.97 Å². The van der Waals surface area contributed by atoms with Crippen LogP contribution in [0.2, 0.25) is 0 Å². The second kappa shape index (κ2) is 49.3. The van der Waals surface area contributed by atoms with Gasteiger partial charge in [-0.15, -0.1) is 0 Å². The Labute approximate surface area is 751 Å². The normalized spacial score (nSPS) is 44.5. The zero-order valence-corrected chi connectivity index (χ0v) is 71.1. The van der Waals surface area contributed by atoms with Crippen molar-refractivity contribution in [1.29, 1.82) is 0 Å². The molecule has 9 aliphatic heterocycles. The summed E-state index contributed by atoms with van der Waals surface area (Å²) >= 11 is 0. The number of hydrogen-bond donors (Lipinski definition) is 36. The van der Waals surface area contributed by atoms with Crippen molar-refractivity contribution in [1.82, 2.24) is 26.6 Å². The molecule has 0 aliphatic carbocycles. The van der Waals surface area contributed by atoms with Crippen molar-refractivity contribution in [2.24, 2.45) is 0 Å². The summed E-state index contributed by atoms with van der Waals surface area (Å²) in [6.45, 7) is -11.0. The van der Waals surface area contributed by atoms with Crippen LogP contribution in [0, 0.1) is 0 Å². The molecule has 9 aliphatic rings. The largest absolute Gasteiger partial charge is 0.477 e. The lowest BCUT2D eigenvalue weighted by Gasteiger charge is -2.51. The van der Waals surface area contributed by atoms with Gasteiger partial charge in [-0.25, -0.2) is 4.79 Å². The van der Waals surface area contributed by atoms with Gasteiger partial charge in [0, 0.05) is 34.1 Å². The van der Waals surface area contributed by atoms with Gasteiger partial charge in [0.05, 0.1) is 90.9 Å². The van der Waals surface area contributed by atoms with Crippen molar-refractivity contribution in [3.05, 3.63) is 0 Å². The molecule has 0 aromatic rings. The number of amides is 5. The van der Waals surface area contributed by atoms with E-state index in [1.165, 1.54) is 0 Å². The van der Waals surface area contributed by atoms with E-state index in [0.717, 1.165) is 27.7 Å². The highest BCUT2D eigenvalue weighted by Gasteiger charge is 2.64. The molecule has 9 rings (SSSR count). The number of carbonyl (C=O) groups excluding carboxylic acids is 5. The van der Waals surface area contributed by atoms with Gasteiger partial charge in [0.1, 0.15) is 238 Å². The molecule has 9 fully saturated rings. The first-order chi connectivity index (χ1) is 62.8. The molecular formula is C73H123N5O55. The predicted octanol–water partition coefficient (Wildman–Crippen LogP) is -24.3. The van der Waals surface area contributed by atoms with Gasteiger partial charge in [0.2, 0.25) is 29.5 Å². The van der Waals surface area contributed by atoms with Crippen LogP contribution in [0.3, 0.4) is 0 Å². The van der Waals surface area contributed by atoms with Gasteiger partial charge in [-0.1, -0.05) is 0 Å². The Morgan fingerprint density at radius 2 is 0.722 bits per heavy atom. The zero-order valence-electron chi connectivity index (χ0n) is 71.1. The average Bonchev–Trinajstić information content (AvgIpc) is 0.752. The molecule has 0 bridgehead atoms. The second-order valence-electron chi connectivity index (χ2n) is 32.9. The van der Waals surface area contributed by atoms with Gasteiger partial charge in [0.25, 0.3) is 5.79 Å². The molecule has 0 saturated carbocycles. The highest BCUT2D eigenvalue weighted by atomic mass is 16.8. The summed E-state index contributed by atoms with van der Waals surface area (Å²) in [5.41, 5.74) is 0. The third-order valence-corrected chi connectivity index (χ3v) is 23.6. The number of aliphatic carboxylic acids is 1. The highest BCUT2D eigenvalue weighted by molar-refractivity contribution is 5.78. The van der Waals surface area contributed by atoms with Crippen molar-refractivity contribution in [2.75, 3.05) is 79.3 Å². The number of carboxylic acid groups (broad SMARTS) is 1. The van der Waals surface area contributed by atoms with Crippen LogP contribution in [0.4, 0.5) is 0 Å². The van der Waals surface area contributed by atoms with Gasteiger partial charge in [-0.05, 0) is 0 Å². The third kappa shape index (κ3) is 25.5. The molecule has 0 aromatic heterocycles. The summed E-state index contributed by atoms with van der Waals surface area (Å²) in [7, 11) is 0. The van der Waals surface area contributed by atoms with Crippen molar-refractivity contribution >= 4 is 35.5 Å². The summed E-state index contributed by atoms with van der Waals surface area (Å²) in [4.78, 5) is 77.1. The number of hydrogen-bond acceptors (Lipinski definition) is 54. The highest BCUT2D eigenvalue weighted by Crippen LogP contribution is 2.43. The molecule has 50 atom stereocenters. The molecule has 60 heteroatoms. The van der Waals surface area contributed by atoms with Gasteiger partial charge < -0.3 is 270 Å². The third-order valence-electron chi connectivity index (χ3n) is 23.6. The molecular weight excluding hydrogens is 1830 g/mol. The van der Waals surface area contributed by atoms with Crippen LogP contribution < -0.4 is 26.6 Å². The van der Waals surface area contributed by atoms with E-state index in [1.54, 1.807) is 0 Å². The van der Waals surface area contributed by atoms with Crippen molar-refractivity contribution in [2.45, 2.75) is 340 Å². The van der Waals surface area contributed by atoms with Crippen LogP contribution in [-0.4, -0.2) is 579 Å². The Hall–Kier alpha value is -5.10. The topological polar surface area (TPSA) is 956 Å². The van der Waals surface area contributed by atoms with Crippen LogP contribution in [0.15, 0.2) is 0 Å². The summed E-state index contributed by atoms with van der Waals surface area (Å²) in [5.74, 6) is -10.8. The minimum atomic E-state index is -3.39. The lowest BCUT2D eigenvalue weighted by molar-refractivity contribution is -0.399. The maximum Gasteiger partial charge on any atom is 0.364 e. The molecule has 5 amide bonds. The number of carbonyl (C=O) groups is 6. The lowest BCUT2D eigenvalue weighted by Crippen LogP contribution is -2.71. The molecule has 9 saturated heterocycles. The van der Waals surface area contributed by atoms with Crippen LogP contribution in [-0.2, 0) is 114 Å². The Balaban J connectivity index is 1.05. The Morgan fingerprint density at radius 3 is 1.14 bits per heavy atom. The average molecular weight is 1950 g/mol. The maximum absolute atomic E-state index is 13.3. The smallest absolute Gasteiger partial charge is 0.364 e. The number of carboxylic acids is 1. The number of aliphatic hydroxyl groups is 30. The second-order valence-corrected chi connectivity index (χ2v) is 32.9. The Bertz CT molecular complexity index is 3650. The summed E-state index contributed by atoms with van der Waals surface area (Å²) in [6.07, 6.45) is -101. The summed E-state index contributed by atoms with van der Waals surface area (Å²) < 4.78 is 107. The minimum Gasteiger partial charge on any atom is -0.477 e. The molecule has 0 aromatic carbocycles. The van der Waals surface area contributed by atoms with E-state index in [4.69, 9.17) is 85.3 Å². The molecule has 770 valence electrons. The standard InChI is InChI=1S/C73H123N5O55/c1-18(90)74-22(6-79)39(98)55(25(96)8-81)125-64-36(75-19(2)91)46(105)57(31(14-87)121-64)127-68-53(112)60(129-71-63(51(110)43(102)28(11-84)120-71)131-66-38(77-21(4)93)47(106)56(30(13-86)123-66)126-67-52(111)49(108)41(100)26(9-82)117-67)45(104)33(124-68)17-116-70-62(50(109)42(101)27(10-83)119-70)130-65-37(76-20(3)92)48(107)58(32(15-88)122-65)128-69-54(113)61(44(103)29(12-85)118-69)133-73(72(114)115)5-23(94)35(78-34(97)16-89)59(132-73)40(99)24(95)7-80/h22-33,35-71,79-89,94-96,98-113H,5-17H2,1-4H3,(H,74,90)(H,75,91)(H,76,92)(H,77,93)(H,78,97)(H,114,115)/t22-,23-,24+,25+,26+,27+,28+,29+,30+,31+,32+,33+,35+,36+,37+,38+,39+,40+,41-,42+,43+,44-,45+,46+,47+,48+,49-,50-,51-,52+,53-,54+,55+,56+,57+,58+,59+,60-,61-,62-,63-,64-,65-,66-,67-,68-,69-,70-,71+,73-/m0/s1. The first kappa shape index (κ1) is 112.